The van der Waals surface area contributed by atoms with Crippen LogP contribution in [0.3, 0.4) is 0 Å². The Morgan fingerprint density at radius 2 is 0.936 bits per heavy atom. The second kappa shape index (κ2) is 9.57. The zero-order valence-corrected chi connectivity index (χ0v) is 26.4. The average molecular weight is 601 g/mol. The summed E-state index contributed by atoms with van der Waals surface area (Å²) >= 11 is 0. The van der Waals surface area contributed by atoms with Crippen LogP contribution in [-0.2, 0) is 5.41 Å². The van der Waals surface area contributed by atoms with E-state index in [1.165, 1.54) is 88.4 Å². The van der Waals surface area contributed by atoms with Crippen LogP contribution in [0.5, 0.6) is 0 Å². The number of hydrogen-bond donors (Lipinski definition) is 0. The van der Waals surface area contributed by atoms with E-state index in [0.717, 1.165) is 0 Å². The summed E-state index contributed by atoms with van der Waals surface area (Å²) in [6.07, 6.45) is 0. The van der Waals surface area contributed by atoms with Gasteiger partial charge in [-0.2, -0.15) is 0 Å². The first-order valence-electron chi connectivity index (χ1n) is 16.4. The van der Waals surface area contributed by atoms with Crippen molar-refractivity contribution >= 4 is 43.6 Å². The van der Waals surface area contributed by atoms with E-state index < -0.39 is 0 Å². The predicted molar refractivity (Wildman–Crippen MR) is 198 cm³/mol. The maximum absolute atomic E-state index is 2.47. The minimum atomic E-state index is -0.0554. The van der Waals surface area contributed by atoms with E-state index in [4.69, 9.17) is 0 Å². The molecule has 0 N–H and O–H groups in total. The minimum Gasteiger partial charge on any atom is -0.309 e. The predicted octanol–water partition coefficient (Wildman–Crippen LogP) is 11.9. The van der Waals surface area contributed by atoms with Gasteiger partial charge < -0.3 is 9.13 Å². The molecule has 1 aliphatic carbocycles. The molecule has 2 heterocycles. The molecular weight excluding hydrogens is 569 g/mol. The molecule has 0 saturated heterocycles. The van der Waals surface area contributed by atoms with Crippen molar-refractivity contribution in [3.05, 3.63) is 169 Å². The van der Waals surface area contributed by atoms with Crippen LogP contribution < -0.4 is 0 Å². The molecule has 7 aromatic carbocycles. The second-order valence-electron chi connectivity index (χ2n) is 13.4. The molecule has 222 valence electrons. The van der Waals surface area contributed by atoms with Crippen molar-refractivity contribution < 1.29 is 0 Å². The van der Waals surface area contributed by atoms with E-state index in [1.54, 1.807) is 0 Å². The second-order valence-corrected chi connectivity index (χ2v) is 13.4. The van der Waals surface area contributed by atoms with Gasteiger partial charge in [0, 0.05) is 38.3 Å². The topological polar surface area (TPSA) is 9.86 Å². The molecule has 0 aliphatic heterocycles. The van der Waals surface area contributed by atoms with Crippen LogP contribution >= 0.6 is 0 Å². The third-order valence-corrected chi connectivity index (χ3v) is 10.5. The first kappa shape index (κ1) is 26.4. The monoisotopic (exact) mass is 600 g/mol. The van der Waals surface area contributed by atoms with Gasteiger partial charge in [-0.05, 0) is 88.0 Å². The molecular formula is C45H32N2. The molecule has 0 saturated carbocycles. The first-order chi connectivity index (χ1) is 23.1. The Labute approximate surface area is 273 Å². The van der Waals surface area contributed by atoms with Crippen LogP contribution in [-0.4, -0.2) is 9.13 Å². The van der Waals surface area contributed by atoms with Crippen LogP contribution in [0.1, 0.15) is 25.0 Å². The Bertz CT molecular complexity index is 2700. The summed E-state index contributed by atoms with van der Waals surface area (Å²) in [6, 6.07) is 58.1. The zero-order valence-electron chi connectivity index (χ0n) is 26.4. The van der Waals surface area contributed by atoms with Gasteiger partial charge in [-0.15, -0.1) is 0 Å². The Morgan fingerprint density at radius 1 is 0.362 bits per heavy atom. The Hall–Kier alpha value is -5.86. The van der Waals surface area contributed by atoms with E-state index in [0.29, 0.717) is 0 Å². The largest absolute Gasteiger partial charge is 0.309 e. The molecule has 47 heavy (non-hydrogen) atoms. The molecule has 0 amide bonds. The zero-order chi connectivity index (χ0) is 31.3. The number of fused-ring (bicyclic) bond motifs is 9. The highest BCUT2D eigenvalue weighted by Crippen LogP contribution is 2.49. The van der Waals surface area contributed by atoms with Crippen molar-refractivity contribution in [2.24, 2.45) is 0 Å². The molecule has 0 spiro atoms. The highest BCUT2D eigenvalue weighted by Gasteiger charge is 2.35. The summed E-state index contributed by atoms with van der Waals surface area (Å²) in [5.74, 6) is 0. The van der Waals surface area contributed by atoms with E-state index in [1.807, 2.05) is 0 Å². The standard InChI is InChI=1S/C45H32N2/c1-45(2)39-17-9-6-14-33(39)34-24-22-32(28-40(34)45)47-41-18-10-7-15-35(41)37-23-20-30(27-44(37)47)29-21-25-43-38(26-29)36-16-8-11-19-42(36)46(43)31-12-4-3-5-13-31/h3-28H,1-2H3. The molecule has 2 heteroatoms. The molecule has 9 aromatic rings. The van der Waals surface area contributed by atoms with Crippen molar-refractivity contribution in [1.82, 2.24) is 9.13 Å². The van der Waals surface area contributed by atoms with E-state index in [-0.39, 0.29) is 5.41 Å². The van der Waals surface area contributed by atoms with E-state index in [2.05, 4.69) is 181 Å². The summed E-state index contributed by atoms with van der Waals surface area (Å²) in [5.41, 5.74) is 15.2. The maximum atomic E-state index is 2.47. The molecule has 0 atom stereocenters. The number of aromatic nitrogens is 2. The number of benzene rings is 7. The van der Waals surface area contributed by atoms with Crippen molar-refractivity contribution in [3.8, 4) is 33.6 Å². The molecule has 0 unspecified atom stereocenters. The van der Waals surface area contributed by atoms with Crippen molar-refractivity contribution in [1.29, 1.82) is 0 Å². The molecule has 10 rings (SSSR count). The lowest BCUT2D eigenvalue weighted by Gasteiger charge is -2.22. The van der Waals surface area contributed by atoms with Gasteiger partial charge in [0.2, 0.25) is 0 Å². The minimum absolute atomic E-state index is 0.0554. The van der Waals surface area contributed by atoms with Crippen LogP contribution in [0, 0.1) is 0 Å². The molecule has 2 aromatic heterocycles. The molecule has 1 aliphatic rings. The Balaban J connectivity index is 1.18. The summed E-state index contributed by atoms with van der Waals surface area (Å²) in [7, 11) is 0. The van der Waals surface area contributed by atoms with Crippen LogP contribution in [0.15, 0.2) is 158 Å². The summed E-state index contributed by atoms with van der Waals surface area (Å²) in [5, 5.41) is 5.08. The average Bonchev–Trinajstić information content (AvgIpc) is 3.71. The van der Waals surface area contributed by atoms with Crippen LogP contribution in [0.25, 0.3) is 77.2 Å². The molecule has 2 nitrogen and oxygen atoms in total. The van der Waals surface area contributed by atoms with Gasteiger partial charge in [-0.1, -0.05) is 117 Å². The van der Waals surface area contributed by atoms with Gasteiger partial charge in [0.15, 0.2) is 0 Å². The van der Waals surface area contributed by atoms with Crippen LogP contribution in [0.2, 0.25) is 0 Å². The lowest BCUT2D eigenvalue weighted by Crippen LogP contribution is -2.15. The van der Waals surface area contributed by atoms with Crippen molar-refractivity contribution in [3.63, 3.8) is 0 Å². The highest BCUT2D eigenvalue weighted by atomic mass is 15.0. The Kier molecular flexibility index (Phi) is 5.37. The van der Waals surface area contributed by atoms with Gasteiger partial charge in [0.1, 0.15) is 0 Å². The lowest BCUT2D eigenvalue weighted by atomic mass is 9.82. The van der Waals surface area contributed by atoms with Crippen molar-refractivity contribution in [2.75, 3.05) is 0 Å². The van der Waals surface area contributed by atoms with Crippen molar-refractivity contribution in [2.45, 2.75) is 19.3 Å². The fourth-order valence-corrected chi connectivity index (χ4v) is 8.27. The lowest BCUT2D eigenvalue weighted by molar-refractivity contribution is 0.660. The summed E-state index contributed by atoms with van der Waals surface area (Å²) < 4.78 is 4.84. The SMILES string of the molecule is CC1(C)c2ccccc2-c2ccc(-n3c4ccccc4c4ccc(-c5ccc6c(c5)c5ccccc5n6-c5ccccc5)cc43)cc21. The van der Waals surface area contributed by atoms with Crippen LogP contribution in [0.4, 0.5) is 0 Å². The van der Waals surface area contributed by atoms with Gasteiger partial charge >= 0.3 is 0 Å². The highest BCUT2D eigenvalue weighted by molar-refractivity contribution is 6.12. The van der Waals surface area contributed by atoms with Gasteiger partial charge in [0.05, 0.1) is 22.1 Å². The number of rotatable bonds is 3. The molecule has 0 bridgehead atoms. The molecule has 0 radical (unpaired) electrons. The summed E-state index contributed by atoms with van der Waals surface area (Å²) in [6.45, 7) is 4.71. The number of hydrogen-bond acceptors (Lipinski definition) is 0. The quantitative estimate of drug-likeness (QED) is 0.191. The summed E-state index contributed by atoms with van der Waals surface area (Å²) in [4.78, 5) is 0. The third-order valence-electron chi connectivity index (χ3n) is 10.5. The Morgan fingerprint density at radius 3 is 1.74 bits per heavy atom. The normalized spacial score (nSPS) is 13.5. The number of para-hydroxylation sites is 3. The maximum Gasteiger partial charge on any atom is 0.0547 e. The first-order valence-corrected chi connectivity index (χ1v) is 16.4. The fraction of sp³-hybridized carbons (Fsp3) is 0.0667. The van der Waals surface area contributed by atoms with E-state index >= 15 is 0 Å². The van der Waals surface area contributed by atoms with Gasteiger partial charge in [-0.25, -0.2) is 0 Å². The van der Waals surface area contributed by atoms with Gasteiger partial charge in [-0.3, -0.25) is 0 Å². The third kappa shape index (κ3) is 3.67. The smallest absolute Gasteiger partial charge is 0.0547 e. The van der Waals surface area contributed by atoms with Gasteiger partial charge in [0.25, 0.3) is 0 Å². The molecule has 0 fully saturated rings. The number of nitrogens with zero attached hydrogens (tertiary/aromatic N) is 2. The fourth-order valence-electron chi connectivity index (χ4n) is 8.27. The van der Waals surface area contributed by atoms with E-state index in [9.17, 15) is 0 Å².